The van der Waals surface area contributed by atoms with Gasteiger partial charge in [-0.3, -0.25) is 14.5 Å². The number of nitrogens with one attached hydrogen (secondary N) is 2. The first kappa shape index (κ1) is 23.5. The highest BCUT2D eigenvalue weighted by Gasteiger charge is 2.27. The van der Waals surface area contributed by atoms with Crippen molar-refractivity contribution in [3.05, 3.63) is 65.2 Å². The molecule has 2 amide bonds. The van der Waals surface area contributed by atoms with Crippen LogP contribution in [-0.4, -0.2) is 35.3 Å². The molecule has 0 saturated carbocycles. The molecule has 4 rings (SSSR count). The van der Waals surface area contributed by atoms with Gasteiger partial charge in [-0.2, -0.15) is 0 Å². The van der Waals surface area contributed by atoms with Gasteiger partial charge in [0.15, 0.2) is 0 Å². The molecule has 2 N–H and O–H groups in total. The van der Waals surface area contributed by atoms with Gasteiger partial charge >= 0.3 is 0 Å². The van der Waals surface area contributed by atoms with E-state index in [1.165, 1.54) is 16.7 Å². The summed E-state index contributed by atoms with van der Waals surface area (Å²) in [5, 5.41) is 6.22. The minimum atomic E-state index is -0.180. The van der Waals surface area contributed by atoms with Crippen LogP contribution in [0.3, 0.4) is 0 Å². The first-order chi connectivity index (χ1) is 15.7. The molecule has 2 aromatic carbocycles. The third kappa shape index (κ3) is 6.67. The molecule has 176 valence electrons. The van der Waals surface area contributed by atoms with Crippen LogP contribution >= 0.6 is 0 Å². The minimum absolute atomic E-state index is 0.0932. The molecule has 0 spiro atoms. The molecule has 5 nitrogen and oxygen atoms in total. The number of amides is 2. The van der Waals surface area contributed by atoms with Crippen LogP contribution in [0.4, 0.5) is 5.69 Å². The van der Waals surface area contributed by atoms with Gasteiger partial charge in [0.1, 0.15) is 0 Å². The normalized spacial score (nSPS) is 17.5. The fraction of sp³-hybridized carbons (Fsp3) is 0.500. The summed E-state index contributed by atoms with van der Waals surface area (Å²) in [6.07, 6.45) is 4.33. The van der Waals surface area contributed by atoms with E-state index in [0.29, 0.717) is 12.3 Å². The Hall–Kier alpha value is -2.66. The average Bonchev–Trinajstić information content (AvgIpc) is 3.15. The standard InChI is InChI=1S/C28H37N3O2/c1-28(2,3)30-27(33)22-11-13-31(14-12-22)19-20-7-6-10-25(17-20)29-26(32)18-21-15-23-8-4-5-9-24(23)16-21/h4-10,17,21-22H,11-16,18-19H2,1-3H3,(H,29,32)(H,30,33). The van der Waals surface area contributed by atoms with E-state index in [2.05, 4.69) is 51.9 Å². The number of nitrogens with zero attached hydrogens (tertiary/aromatic N) is 1. The number of likely N-dealkylation sites (tertiary alicyclic amines) is 1. The van der Waals surface area contributed by atoms with Crippen molar-refractivity contribution in [3.8, 4) is 0 Å². The fourth-order valence-corrected chi connectivity index (χ4v) is 5.10. The fourth-order valence-electron chi connectivity index (χ4n) is 5.10. The number of rotatable bonds is 6. The predicted molar refractivity (Wildman–Crippen MR) is 133 cm³/mol. The third-order valence-corrected chi connectivity index (χ3v) is 6.68. The van der Waals surface area contributed by atoms with Crippen molar-refractivity contribution < 1.29 is 9.59 Å². The van der Waals surface area contributed by atoms with E-state index in [0.717, 1.165) is 51.0 Å². The van der Waals surface area contributed by atoms with Gasteiger partial charge in [0, 0.05) is 30.1 Å². The summed E-state index contributed by atoms with van der Waals surface area (Å²) in [5.41, 5.74) is 4.65. The quantitative estimate of drug-likeness (QED) is 0.683. The second-order valence-corrected chi connectivity index (χ2v) is 10.8. The zero-order valence-electron chi connectivity index (χ0n) is 20.2. The average molecular weight is 448 g/mol. The molecule has 2 aliphatic rings. The number of carbonyl (C=O) groups is 2. The van der Waals surface area contributed by atoms with Gasteiger partial charge in [0.25, 0.3) is 0 Å². The molecule has 1 saturated heterocycles. The number of hydrogen-bond donors (Lipinski definition) is 2. The number of anilines is 1. The Morgan fingerprint density at radius 2 is 1.64 bits per heavy atom. The van der Waals surface area contributed by atoms with E-state index in [4.69, 9.17) is 0 Å². The van der Waals surface area contributed by atoms with Gasteiger partial charge < -0.3 is 10.6 Å². The second-order valence-electron chi connectivity index (χ2n) is 10.8. The molecule has 33 heavy (non-hydrogen) atoms. The van der Waals surface area contributed by atoms with Gasteiger partial charge in [-0.05, 0) is 94.3 Å². The summed E-state index contributed by atoms with van der Waals surface area (Å²) in [7, 11) is 0. The maximum Gasteiger partial charge on any atom is 0.224 e. The summed E-state index contributed by atoms with van der Waals surface area (Å²) in [6.45, 7) is 8.76. The second kappa shape index (κ2) is 10.1. The number of piperidine rings is 1. The first-order valence-electron chi connectivity index (χ1n) is 12.2. The number of carbonyl (C=O) groups excluding carboxylic acids is 2. The molecule has 0 radical (unpaired) electrons. The van der Waals surface area contributed by atoms with Gasteiger partial charge in [-0.15, -0.1) is 0 Å². The van der Waals surface area contributed by atoms with Crippen molar-refractivity contribution in [3.63, 3.8) is 0 Å². The van der Waals surface area contributed by atoms with E-state index < -0.39 is 0 Å². The molecular formula is C28H37N3O2. The summed E-state index contributed by atoms with van der Waals surface area (Å²) in [4.78, 5) is 27.5. The smallest absolute Gasteiger partial charge is 0.224 e. The molecule has 1 fully saturated rings. The highest BCUT2D eigenvalue weighted by Crippen LogP contribution is 2.29. The predicted octanol–water partition coefficient (Wildman–Crippen LogP) is 4.56. The van der Waals surface area contributed by atoms with E-state index in [9.17, 15) is 9.59 Å². The lowest BCUT2D eigenvalue weighted by Gasteiger charge is -2.33. The molecule has 0 atom stereocenters. The van der Waals surface area contributed by atoms with Crippen molar-refractivity contribution >= 4 is 17.5 Å². The minimum Gasteiger partial charge on any atom is -0.351 e. The van der Waals surface area contributed by atoms with Crippen LogP contribution < -0.4 is 10.6 Å². The Kier molecular flexibility index (Phi) is 7.18. The molecule has 1 aliphatic carbocycles. The van der Waals surface area contributed by atoms with Crippen molar-refractivity contribution in [1.82, 2.24) is 10.2 Å². The topological polar surface area (TPSA) is 61.4 Å². The molecule has 5 heteroatoms. The number of benzene rings is 2. The van der Waals surface area contributed by atoms with Crippen LogP contribution in [0.2, 0.25) is 0 Å². The molecule has 0 bridgehead atoms. The van der Waals surface area contributed by atoms with Gasteiger partial charge in [0.2, 0.25) is 11.8 Å². The molecule has 0 unspecified atom stereocenters. The van der Waals surface area contributed by atoms with Crippen molar-refractivity contribution in [2.24, 2.45) is 11.8 Å². The molecular weight excluding hydrogens is 410 g/mol. The summed E-state index contributed by atoms with van der Waals surface area (Å²) >= 11 is 0. The van der Waals surface area contributed by atoms with E-state index >= 15 is 0 Å². The molecule has 2 aromatic rings. The van der Waals surface area contributed by atoms with Crippen LogP contribution in [0.25, 0.3) is 0 Å². The maximum atomic E-state index is 12.7. The lowest BCUT2D eigenvalue weighted by atomic mass is 9.94. The van der Waals surface area contributed by atoms with E-state index in [-0.39, 0.29) is 23.3 Å². The van der Waals surface area contributed by atoms with Crippen LogP contribution in [0, 0.1) is 11.8 Å². The maximum absolute atomic E-state index is 12.7. The van der Waals surface area contributed by atoms with Crippen molar-refractivity contribution in [2.45, 2.75) is 65.0 Å². The Labute approximate surface area is 197 Å². The van der Waals surface area contributed by atoms with E-state index in [1.807, 2.05) is 32.9 Å². The SMILES string of the molecule is CC(C)(C)NC(=O)C1CCN(Cc2cccc(NC(=O)CC3Cc4ccccc4C3)c2)CC1. The Balaban J connectivity index is 1.24. The molecule has 0 aromatic heterocycles. The van der Waals surface area contributed by atoms with Gasteiger partial charge in [-0.1, -0.05) is 36.4 Å². The van der Waals surface area contributed by atoms with Crippen LogP contribution in [0.5, 0.6) is 0 Å². The largest absolute Gasteiger partial charge is 0.351 e. The zero-order chi connectivity index (χ0) is 23.4. The van der Waals surface area contributed by atoms with Gasteiger partial charge in [-0.25, -0.2) is 0 Å². The monoisotopic (exact) mass is 447 g/mol. The highest BCUT2D eigenvalue weighted by atomic mass is 16.2. The third-order valence-electron chi connectivity index (χ3n) is 6.68. The number of fused-ring (bicyclic) bond motifs is 1. The van der Waals surface area contributed by atoms with E-state index in [1.54, 1.807) is 0 Å². The Morgan fingerprint density at radius 1 is 0.970 bits per heavy atom. The summed E-state index contributed by atoms with van der Waals surface area (Å²) in [6, 6.07) is 16.7. The molecule has 1 aliphatic heterocycles. The van der Waals surface area contributed by atoms with Crippen molar-refractivity contribution in [2.75, 3.05) is 18.4 Å². The Morgan fingerprint density at radius 3 is 2.27 bits per heavy atom. The highest BCUT2D eigenvalue weighted by molar-refractivity contribution is 5.91. The van der Waals surface area contributed by atoms with Gasteiger partial charge in [0.05, 0.1) is 0 Å². The van der Waals surface area contributed by atoms with Crippen molar-refractivity contribution in [1.29, 1.82) is 0 Å². The summed E-state index contributed by atoms with van der Waals surface area (Å²) < 4.78 is 0. The summed E-state index contributed by atoms with van der Waals surface area (Å²) in [5.74, 6) is 0.767. The Bertz CT molecular complexity index is 962. The zero-order valence-corrected chi connectivity index (χ0v) is 20.2. The van der Waals surface area contributed by atoms with Crippen LogP contribution in [0.15, 0.2) is 48.5 Å². The lowest BCUT2D eigenvalue weighted by molar-refractivity contribution is -0.128. The van der Waals surface area contributed by atoms with Crippen LogP contribution in [0.1, 0.15) is 56.7 Å². The molecule has 1 heterocycles. The number of hydrogen-bond acceptors (Lipinski definition) is 3. The lowest BCUT2D eigenvalue weighted by Crippen LogP contribution is -2.46. The van der Waals surface area contributed by atoms with Crippen LogP contribution in [-0.2, 0) is 29.0 Å². The first-order valence-corrected chi connectivity index (χ1v) is 12.2.